The SMILES string of the molecule is CCN(CCC(C)(N)C(=O)OC)c1ccccc1. The Morgan fingerprint density at radius 3 is 2.50 bits per heavy atom. The van der Waals surface area contributed by atoms with Crippen LogP contribution in [0.1, 0.15) is 20.3 Å². The Balaban J connectivity index is 2.63. The Bertz CT molecular complexity index is 377. The molecule has 1 atom stereocenters. The standard InChI is InChI=1S/C14H22N2O2/c1-4-16(12-8-6-5-7-9-12)11-10-14(2,15)13(17)18-3/h5-9H,4,10-11,15H2,1-3H3. The van der Waals surface area contributed by atoms with E-state index in [4.69, 9.17) is 10.5 Å². The second kappa shape index (κ2) is 6.40. The normalized spacial score (nSPS) is 13.8. The molecule has 0 aliphatic carbocycles. The van der Waals surface area contributed by atoms with Crippen molar-refractivity contribution < 1.29 is 9.53 Å². The molecule has 2 N–H and O–H groups in total. The molecule has 4 heteroatoms. The largest absolute Gasteiger partial charge is 0.468 e. The van der Waals surface area contributed by atoms with Gasteiger partial charge in [0.2, 0.25) is 0 Å². The summed E-state index contributed by atoms with van der Waals surface area (Å²) in [6.45, 7) is 5.39. The van der Waals surface area contributed by atoms with Gasteiger partial charge in [-0.1, -0.05) is 18.2 Å². The average molecular weight is 250 g/mol. The molecule has 0 saturated carbocycles. The summed E-state index contributed by atoms with van der Waals surface area (Å²) in [5.41, 5.74) is 6.16. The second-order valence-electron chi connectivity index (χ2n) is 4.57. The third-order valence-electron chi connectivity index (χ3n) is 3.06. The predicted octanol–water partition coefficient (Wildman–Crippen LogP) is 1.79. The number of esters is 1. The maximum atomic E-state index is 11.5. The summed E-state index contributed by atoms with van der Waals surface area (Å²) < 4.78 is 4.70. The van der Waals surface area contributed by atoms with E-state index in [2.05, 4.69) is 24.0 Å². The molecule has 1 aromatic carbocycles. The zero-order chi connectivity index (χ0) is 13.6. The molecule has 0 saturated heterocycles. The van der Waals surface area contributed by atoms with E-state index in [-0.39, 0.29) is 5.97 Å². The first-order chi connectivity index (χ1) is 8.51. The average Bonchev–Trinajstić information content (AvgIpc) is 2.39. The van der Waals surface area contributed by atoms with Gasteiger partial charge in [0.05, 0.1) is 7.11 Å². The number of hydrogen-bond donors (Lipinski definition) is 1. The fraction of sp³-hybridized carbons (Fsp3) is 0.500. The van der Waals surface area contributed by atoms with Crippen LogP contribution in [-0.4, -0.2) is 31.7 Å². The lowest BCUT2D eigenvalue weighted by atomic mass is 9.99. The van der Waals surface area contributed by atoms with E-state index in [1.165, 1.54) is 7.11 Å². The van der Waals surface area contributed by atoms with E-state index >= 15 is 0 Å². The molecule has 0 spiro atoms. The molecular formula is C14H22N2O2. The van der Waals surface area contributed by atoms with Crippen LogP contribution < -0.4 is 10.6 Å². The first-order valence-electron chi connectivity index (χ1n) is 6.18. The summed E-state index contributed by atoms with van der Waals surface area (Å²) >= 11 is 0. The summed E-state index contributed by atoms with van der Waals surface area (Å²) in [6.07, 6.45) is 0.558. The topological polar surface area (TPSA) is 55.6 Å². The quantitative estimate of drug-likeness (QED) is 0.782. The summed E-state index contributed by atoms with van der Waals surface area (Å²) in [7, 11) is 1.36. The van der Waals surface area contributed by atoms with Crippen LogP contribution in [0.2, 0.25) is 0 Å². The summed E-state index contributed by atoms with van der Waals surface area (Å²) in [6, 6.07) is 10.1. The Hall–Kier alpha value is -1.55. The fourth-order valence-electron chi connectivity index (χ4n) is 1.81. The first kappa shape index (κ1) is 14.5. The number of para-hydroxylation sites is 1. The van der Waals surface area contributed by atoms with Gasteiger partial charge in [0, 0.05) is 18.8 Å². The zero-order valence-corrected chi connectivity index (χ0v) is 11.3. The van der Waals surface area contributed by atoms with Crippen LogP contribution >= 0.6 is 0 Å². The Kier molecular flexibility index (Phi) is 5.16. The van der Waals surface area contributed by atoms with Crippen molar-refractivity contribution in [2.45, 2.75) is 25.8 Å². The van der Waals surface area contributed by atoms with Gasteiger partial charge in [-0.05, 0) is 32.4 Å². The number of hydrogen-bond acceptors (Lipinski definition) is 4. The van der Waals surface area contributed by atoms with Gasteiger partial charge in [0.25, 0.3) is 0 Å². The molecule has 4 nitrogen and oxygen atoms in total. The maximum Gasteiger partial charge on any atom is 0.325 e. The lowest BCUT2D eigenvalue weighted by molar-refractivity contribution is -0.146. The van der Waals surface area contributed by atoms with Crippen LogP contribution in [-0.2, 0) is 9.53 Å². The number of nitrogens with zero attached hydrogens (tertiary/aromatic N) is 1. The van der Waals surface area contributed by atoms with Crippen LogP contribution in [0.3, 0.4) is 0 Å². The van der Waals surface area contributed by atoms with Crippen molar-refractivity contribution >= 4 is 11.7 Å². The molecule has 0 fully saturated rings. The van der Waals surface area contributed by atoms with Gasteiger partial charge >= 0.3 is 5.97 Å². The van der Waals surface area contributed by atoms with E-state index in [1.807, 2.05) is 18.2 Å². The number of carbonyl (C=O) groups excluding carboxylic acids is 1. The van der Waals surface area contributed by atoms with Crippen molar-refractivity contribution in [2.24, 2.45) is 5.73 Å². The molecule has 1 aromatic rings. The highest BCUT2D eigenvalue weighted by atomic mass is 16.5. The number of methoxy groups -OCH3 is 1. The minimum Gasteiger partial charge on any atom is -0.468 e. The molecule has 0 aliphatic heterocycles. The van der Waals surface area contributed by atoms with Crippen molar-refractivity contribution in [3.05, 3.63) is 30.3 Å². The highest BCUT2D eigenvalue weighted by molar-refractivity contribution is 5.79. The lowest BCUT2D eigenvalue weighted by Crippen LogP contribution is -2.48. The fourth-order valence-corrected chi connectivity index (χ4v) is 1.81. The van der Waals surface area contributed by atoms with Crippen molar-refractivity contribution in [3.63, 3.8) is 0 Å². The number of rotatable bonds is 6. The molecule has 18 heavy (non-hydrogen) atoms. The van der Waals surface area contributed by atoms with Gasteiger partial charge in [0.15, 0.2) is 0 Å². The molecule has 1 unspecified atom stereocenters. The van der Waals surface area contributed by atoms with Gasteiger partial charge in [-0.3, -0.25) is 4.79 Å². The van der Waals surface area contributed by atoms with E-state index in [9.17, 15) is 4.79 Å². The Morgan fingerprint density at radius 1 is 1.39 bits per heavy atom. The van der Waals surface area contributed by atoms with Crippen molar-refractivity contribution in [1.82, 2.24) is 0 Å². The summed E-state index contributed by atoms with van der Waals surface area (Å²) in [5.74, 6) is -0.369. The van der Waals surface area contributed by atoms with Gasteiger partial charge in [-0.15, -0.1) is 0 Å². The summed E-state index contributed by atoms with van der Waals surface area (Å²) in [4.78, 5) is 13.7. The van der Waals surface area contributed by atoms with Gasteiger partial charge < -0.3 is 15.4 Å². The van der Waals surface area contributed by atoms with E-state index < -0.39 is 5.54 Å². The molecule has 100 valence electrons. The minimum absolute atomic E-state index is 0.369. The molecule has 0 radical (unpaired) electrons. The van der Waals surface area contributed by atoms with Crippen molar-refractivity contribution in [3.8, 4) is 0 Å². The smallest absolute Gasteiger partial charge is 0.325 e. The van der Waals surface area contributed by atoms with Crippen LogP contribution in [0.4, 0.5) is 5.69 Å². The first-order valence-corrected chi connectivity index (χ1v) is 6.18. The Labute approximate surface area is 109 Å². The highest BCUT2D eigenvalue weighted by Crippen LogP contribution is 2.16. The van der Waals surface area contributed by atoms with Gasteiger partial charge in [-0.25, -0.2) is 0 Å². The molecule has 0 amide bonds. The highest BCUT2D eigenvalue weighted by Gasteiger charge is 2.29. The zero-order valence-electron chi connectivity index (χ0n) is 11.3. The minimum atomic E-state index is -0.934. The summed E-state index contributed by atoms with van der Waals surface area (Å²) in [5, 5.41) is 0. The molecule has 1 rings (SSSR count). The van der Waals surface area contributed by atoms with Gasteiger partial charge in [-0.2, -0.15) is 0 Å². The monoisotopic (exact) mass is 250 g/mol. The predicted molar refractivity (Wildman–Crippen MR) is 73.6 cm³/mol. The maximum absolute atomic E-state index is 11.5. The number of benzene rings is 1. The van der Waals surface area contributed by atoms with Crippen LogP contribution in [0.25, 0.3) is 0 Å². The van der Waals surface area contributed by atoms with E-state index in [0.717, 1.165) is 18.8 Å². The number of ether oxygens (including phenoxy) is 1. The molecule has 0 bridgehead atoms. The van der Waals surface area contributed by atoms with Crippen LogP contribution in [0, 0.1) is 0 Å². The molecule has 0 aliphatic rings. The molecular weight excluding hydrogens is 228 g/mol. The number of nitrogens with two attached hydrogens (primary N) is 1. The second-order valence-corrected chi connectivity index (χ2v) is 4.57. The number of anilines is 1. The van der Waals surface area contributed by atoms with Crippen molar-refractivity contribution in [2.75, 3.05) is 25.1 Å². The van der Waals surface area contributed by atoms with E-state index in [1.54, 1.807) is 6.92 Å². The molecule has 0 aromatic heterocycles. The van der Waals surface area contributed by atoms with Crippen molar-refractivity contribution in [1.29, 1.82) is 0 Å². The Morgan fingerprint density at radius 2 is 2.00 bits per heavy atom. The lowest BCUT2D eigenvalue weighted by Gasteiger charge is -2.28. The van der Waals surface area contributed by atoms with E-state index in [0.29, 0.717) is 6.42 Å². The third-order valence-corrected chi connectivity index (χ3v) is 3.06. The van der Waals surface area contributed by atoms with Crippen LogP contribution in [0.5, 0.6) is 0 Å². The van der Waals surface area contributed by atoms with Gasteiger partial charge in [0.1, 0.15) is 5.54 Å². The molecule has 0 heterocycles. The number of carbonyl (C=O) groups is 1. The van der Waals surface area contributed by atoms with Crippen LogP contribution in [0.15, 0.2) is 30.3 Å². The third kappa shape index (κ3) is 3.74.